The van der Waals surface area contributed by atoms with Crippen molar-refractivity contribution >= 4 is 0 Å². The third-order valence-electron chi connectivity index (χ3n) is 3.61. The van der Waals surface area contributed by atoms with Crippen LogP contribution < -0.4 is 0 Å². The Hall–Kier alpha value is -0.380. The van der Waals surface area contributed by atoms with E-state index < -0.39 is 5.60 Å². The molecule has 0 aromatic carbocycles. The lowest BCUT2D eigenvalue weighted by Gasteiger charge is -2.30. The lowest BCUT2D eigenvalue weighted by molar-refractivity contribution is 0.0409. The van der Waals surface area contributed by atoms with Crippen LogP contribution in [0.3, 0.4) is 0 Å². The molecule has 1 heterocycles. The number of morpholine rings is 1. The van der Waals surface area contributed by atoms with Gasteiger partial charge in [-0.2, -0.15) is 0 Å². The highest BCUT2D eigenvalue weighted by Crippen LogP contribution is 2.28. The van der Waals surface area contributed by atoms with E-state index in [2.05, 4.69) is 11.0 Å². The Balaban J connectivity index is 1.74. The van der Waals surface area contributed by atoms with Gasteiger partial charge in [0.1, 0.15) is 0 Å². The summed E-state index contributed by atoms with van der Waals surface area (Å²) in [6.45, 7) is 4.67. The molecule has 1 aliphatic carbocycles. The molecule has 3 heteroatoms. The summed E-state index contributed by atoms with van der Waals surface area (Å²) in [5.74, 6) is 0. The molecule has 2 rings (SSSR count). The molecule has 0 radical (unpaired) electrons. The predicted molar refractivity (Wildman–Crippen MR) is 64.4 cm³/mol. The number of hydrogen-bond donors (Lipinski definition) is 1. The van der Waals surface area contributed by atoms with E-state index >= 15 is 0 Å². The van der Waals surface area contributed by atoms with E-state index in [0.717, 1.165) is 45.7 Å². The molecule has 0 amide bonds. The van der Waals surface area contributed by atoms with Crippen LogP contribution in [0.4, 0.5) is 0 Å². The maximum Gasteiger partial charge on any atom is 0.0828 e. The lowest BCUT2D eigenvalue weighted by atomic mass is 9.85. The minimum atomic E-state index is -0.509. The Morgan fingerprint density at radius 3 is 2.50 bits per heavy atom. The monoisotopic (exact) mass is 225 g/mol. The molecule has 0 aromatic heterocycles. The molecule has 1 aliphatic heterocycles. The van der Waals surface area contributed by atoms with Crippen LogP contribution in [0.5, 0.6) is 0 Å². The number of aliphatic hydroxyl groups is 1. The summed E-state index contributed by atoms with van der Waals surface area (Å²) in [7, 11) is 0. The molecule has 0 atom stereocenters. The normalized spacial score (nSPS) is 27.3. The van der Waals surface area contributed by atoms with Gasteiger partial charge in [0.2, 0.25) is 0 Å². The van der Waals surface area contributed by atoms with Gasteiger partial charge in [0.25, 0.3) is 0 Å². The number of ether oxygens (including phenoxy) is 1. The summed E-state index contributed by atoms with van der Waals surface area (Å²) in [6, 6.07) is 0. The van der Waals surface area contributed by atoms with E-state index in [0.29, 0.717) is 0 Å². The molecule has 0 aromatic rings. The van der Waals surface area contributed by atoms with Crippen molar-refractivity contribution in [2.45, 2.75) is 37.7 Å². The third kappa shape index (κ3) is 3.58. The molecule has 2 fully saturated rings. The molecular weight excluding hydrogens is 202 g/mol. The highest BCUT2D eigenvalue weighted by Gasteiger charge is 2.25. The van der Waals surface area contributed by atoms with Crippen LogP contribution in [-0.4, -0.2) is 48.5 Å². The standard InChI is InChI=1S/C13H23NO2/c15-13(5-2-1-3-6-13)7-4-8-14-9-11-16-12-10-14/h4,7,15H,1-3,5-6,8-12H2/b7-4-. The fourth-order valence-corrected chi connectivity index (χ4v) is 2.54. The zero-order valence-corrected chi connectivity index (χ0v) is 10.0. The van der Waals surface area contributed by atoms with Crippen molar-refractivity contribution in [3.8, 4) is 0 Å². The molecule has 0 bridgehead atoms. The summed E-state index contributed by atoms with van der Waals surface area (Å²) >= 11 is 0. The van der Waals surface area contributed by atoms with Crippen molar-refractivity contribution in [2.75, 3.05) is 32.8 Å². The first-order valence-corrected chi connectivity index (χ1v) is 6.49. The van der Waals surface area contributed by atoms with Gasteiger partial charge in [-0.25, -0.2) is 0 Å². The topological polar surface area (TPSA) is 32.7 Å². The molecule has 1 saturated carbocycles. The Labute approximate surface area is 98.1 Å². The van der Waals surface area contributed by atoms with Gasteiger partial charge in [0.05, 0.1) is 18.8 Å². The van der Waals surface area contributed by atoms with Gasteiger partial charge >= 0.3 is 0 Å². The smallest absolute Gasteiger partial charge is 0.0828 e. The quantitative estimate of drug-likeness (QED) is 0.740. The molecule has 1 saturated heterocycles. The van der Waals surface area contributed by atoms with Crippen LogP contribution in [0, 0.1) is 0 Å². The van der Waals surface area contributed by atoms with E-state index in [-0.39, 0.29) is 0 Å². The zero-order chi connectivity index (χ0) is 11.3. The van der Waals surface area contributed by atoms with Crippen molar-refractivity contribution in [3.05, 3.63) is 12.2 Å². The average Bonchev–Trinajstić information content (AvgIpc) is 2.31. The van der Waals surface area contributed by atoms with E-state index in [1.54, 1.807) is 0 Å². The second-order valence-electron chi connectivity index (χ2n) is 4.98. The largest absolute Gasteiger partial charge is 0.386 e. The molecule has 92 valence electrons. The lowest BCUT2D eigenvalue weighted by Crippen LogP contribution is -2.36. The SMILES string of the molecule is OC1(/C=C\CN2CCOCC2)CCCCC1. The van der Waals surface area contributed by atoms with Crippen molar-refractivity contribution < 1.29 is 9.84 Å². The van der Waals surface area contributed by atoms with E-state index in [1.807, 2.05) is 6.08 Å². The first-order chi connectivity index (χ1) is 7.79. The number of rotatable bonds is 3. The van der Waals surface area contributed by atoms with Gasteiger partial charge in [0, 0.05) is 19.6 Å². The number of hydrogen-bond acceptors (Lipinski definition) is 3. The maximum atomic E-state index is 10.3. The molecule has 2 aliphatic rings. The fraction of sp³-hybridized carbons (Fsp3) is 0.846. The van der Waals surface area contributed by atoms with Crippen LogP contribution in [0.25, 0.3) is 0 Å². The molecular formula is C13H23NO2. The van der Waals surface area contributed by atoms with Crippen molar-refractivity contribution in [2.24, 2.45) is 0 Å². The third-order valence-corrected chi connectivity index (χ3v) is 3.61. The fourth-order valence-electron chi connectivity index (χ4n) is 2.54. The van der Waals surface area contributed by atoms with Crippen LogP contribution in [0.1, 0.15) is 32.1 Å². The molecule has 0 spiro atoms. The van der Waals surface area contributed by atoms with Gasteiger partial charge in [0.15, 0.2) is 0 Å². The molecule has 0 unspecified atom stereocenters. The molecule has 16 heavy (non-hydrogen) atoms. The minimum Gasteiger partial charge on any atom is -0.386 e. The summed E-state index contributed by atoms with van der Waals surface area (Å²) in [5.41, 5.74) is -0.509. The van der Waals surface area contributed by atoms with Gasteiger partial charge in [-0.3, -0.25) is 4.90 Å². The van der Waals surface area contributed by atoms with E-state index in [1.165, 1.54) is 19.3 Å². The van der Waals surface area contributed by atoms with Gasteiger partial charge in [-0.15, -0.1) is 0 Å². The van der Waals surface area contributed by atoms with E-state index in [4.69, 9.17) is 4.74 Å². The van der Waals surface area contributed by atoms with Crippen LogP contribution in [-0.2, 0) is 4.74 Å². The second-order valence-corrected chi connectivity index (χ2v) is 4.98. The summed E-state index contributed by atoms with van der Waals surface area (Å²) in [4.78, 5) is 2.37. The van der Waals surface area contributed by atoms with Crippen molar-refractivity contribution in [1.82, 2.24) is 4.90 Å². The van der Waals surface area contributed by atoms with Gasteiger partial charge in [-0.1, -0.05) is 31.4 Å². The van der Waals surface area contributed by atoms with Crippen molar-refractivity contribution in [1.29, 1.82) is 0 Å². The van der Waals surface area contributed by atoms with Gasteiger partial charge in [-0.05, 0) is 12.8 Å². The Bertz CT molecular complexity index is 228. The van der Waals surface area contributed by atoms with Gasteiger partial charge < -0.3 is 9.84 Å². The van der Waals surface area contributed by atoms with Crippen LogP contribution in [0.2, 0.25) is 0 Å². The van der Waals surface area contributed by atoms with E-state index in [9.17, 15) is 5.11 Å². The Morgan fingerprint density at radius 2 is 1.81 bits per heavy atom. The van der Waals surface area contributed by atoms with Crippen LogP contribution in [0.15, 0.2) is 12.2 Å². The maximum absolute atomic E-state index is 10.3. The summed E-state index contributed by atoms with van der Waals surface area (Å²) < 4.78 is 5.30. The Kier molecular flexibility index (Phi) is 4.38. The molecule has 1 N–H and O–H groups in total. The zero-order valence-electron chi connectivity index (χ0n) is 10.0. The molecule has 3 nitrogen and oxygen atoms in total. The first kappa shape index (κ1) is 12.1. The second kappa shape index (κ2) is 5.80. The summed E-state index contributed by atoms with van der Waals surface area (Å²) in [6.07, 6.45) is 9.65. The highest BCUT2D eigenvalue weighted by molar-refractivity contribution is 5.03. The van der Waals surface area contributed by atoms with Crippen LogP contribution >= 0.6 is 0 Å². The number of nitrogens with zero attached hydrogens (tertiary/aromatic N) is 1. The van der Waals surface area contributed by atoms with Crippen molar-refractivity contribution in [3.63, 3.8) is 0 Å². The first-order valence-electron chi connectivity index (χ1n) is 6.49. The average molecular weight is 225 g/mol. The predicted octanol–water partition coefficient (Wildman–Crippen LogP) is 1.57. The summed E-state index contributed by atoms with van der Waals surface area (Å²) in [5, 5.41) is 10.3. The highest BCUT2D eigenvalue weighted by atomic mass is 16.5. The Morgan fingerprint density at radius 1 is 1.12 bits per heavy atom. The minimum absolute atomic E-state index is 0.509.